The van der Waals surface area contributed by atoms with E-state index >= 15 is 0 Å². The van der Waals surface area contributed by atoms with Gasteiger partial charge in [0, 0.05) is 10.9 Å². The van der Waals surface area contributed by atoms with Crippen molar-refractivity contribution in [2.75, 3.05) is 0 Å². The van der Waals surface area contributed by atoms with Crippen molar-refractivity contribution in [1.29, 1.82) is 0 Å². The predicted octanol–water partition coefficient (Wildman–Crippen LogP) is 3.29. The highest BCUT2D eigenvalue weighted by Gasteiger charge is 2.32. The van der Waals surface area contributed by atoms with Crippen molar-refractivity contribution in [1.82, 2.24) is 0 Å². The van der Waals surface area contributed by atoms with Gasteiger partial charge in [-0.05, 0) is 43.9 Å². The molecule has 1 aromatic rings. The van der Waals surface area contributed by atoms with Crippen molar-refractivity contribution >= 4 is 30.0 Å². The van der Waals surface area contributed by atoms with Gasteiger partial charge in [-0.25, -0.2) is 0 Å². The van der Waals surface area contributed by atoms with E-state index in [2.05, 4.69) is 0 Å². The van der Waals surface area contributed by atoms with E-state index in [4.69, 9.17) is 22.1 Å². The Bertz CT molecular complexity index is 420. The second-order valence-electron chi connectivity index (χ2n) is 4.85. The summed E-state index contributed by atoms with van der Waals surface area (Å²) >= 11 is 5.88. The fourth-order valence-corrected chi connectivity index (χ4v) is 2.54. The van der Waals surface area contributed by atoms with Crippen LogP contribution in [0.2, 0.25) is 5.02 Å². The first kappa shape index (κ1) is 16.3. The summed E-state index contributed by atoms with van der Waals surface area (Å²) in [5.41, 5.74) is 6.71. The zero-order chi connectivity index (χ0) is 13.1. The van der Waals surface area contributed by atoms with Gasteiger partial charge in [0.05, 0.1) is 0 Å². The van der Waals surface area contributed by atoms with Crippen molar-refractivity contribution in [3.8, 4) is 0 Å². The fraction of sp³-hybridized carbons (Fsp3) is 0.500. The number of carbonyl (C=O) groups is 1. The number of rotatable bonds is 3. The molecular weight excluding hydrogens is 285 g/mol. The molecule has 0 aliphatic heterocycles. The van der Waals surface area contributed by atoms with Crippen LogP contribution in [-0.4, -0.2) is 18.1 Å². The molecule has 1 aliphatic rings. The second kappa shape index (κ2) is 7.13. The summed E-state index contributed by atoms with van der Waals surface area (Å²) in [6.45, 7) is 1.65. The number of hydrogen-bond donors (Lipinski definition) is 1. The van der Waals surface area contributed by atoms with Crippen molar-refractivity contribution in [2.45, 2.75) is 44.2 Å². The molecule has 0 unspecified atom stereocenters. The standard InChI is InChI=1S/C14H18ClNO2.ClH/c1-9(16)14(17)18-13-4-2-3-12(13)10-5-7-11(15)8-6-10;/h5-9,12-13H,2-4,16H2,1H3;1H/t9-,12-,13+;/m0./s1. The molecule has 1 saturated carbocycles. The summed E-state index contributed by atoms with van der Waals surface area (Å²) in [6.07, 6.45) is 2.97. The quantitative estimate of drug-likeness (QED) is 0.872. The fourth-order valence-electron chi connectivity index (χ4n) is 2.41. The van der Waals surface area contributed by atoms with E-state index in [-0.39, 0.29) is 30.4 Å². The summed E-state index contributed by atoms with van der Waals surface area (Å²) in [5.74, 6) is -0.0502. The van der Waals surface area contributed by atoms with Crippen LogP contribution in [0.4, 0.5) is 0 Å². The lowest BCUT2D eigenvalue weighted by Gasteiger charge is -2.21. The van der Waals surface area contributed by atoms with Gasteiger partial charge in [0.1, 0.15) is 12.1 Å². The van der Waals surface area contributed by atoms with Gasteiger partial charge < -0.3 is 10.5 Å². The third-order valence-corrected chi connectivity index (χ3v) is 3.64. The molecule has 1 fully saturated rings. The van der Waals surface area contributed by atoms with Crippen molar-refractivity contribution in [2.24, 2.45) is 5.73 Å². The van der Waals surface area contributed by atoms with Gasteiger partial charge in [-0.3, -0.25) is 4.79 Å². The van der Waals surface area contributed by atoms with Gasteiger partial charge in [-0.1, -0.05) is 23.7 Å². The Morgan fingerprint density at radius 1 is 1.37 bits per heavy atom. The second-order valence-corrected chi connectivity index (χ2v) is 5.29. The van der Waals surface area contributed by atoms with Crippen LogP contribution >= 0.6 is 24.0 Å². The average Bonchev–Trinajstić information content (AvgIpc) is 2.78. The van der Waals surface area contributed by atoms with Crippen molar-refractivity contribution in [3.05, 3.63) is 34.9 Å². The van der Waals surface area contributed by atoms with Gasteiger partial charge in [0.25, 0.3) is 0 Å². The number of carbonyl (C=O) groups excluding carboxylic acids is 1. The monoisotopic (exact) mass is 303 g/mol. The maximum Gasteiger partial charge on any atom is 0.322 e. The van der Waals surface area contributed by atoms with Gasteiger partial charge in [0.2, 0.25) is 0 Å². The molecular formula is C14H19Cl2NO2. The van der Waals surface area contributed by atoms with Gasteiger partial charge in [-0.15, -0.1) is 12.4 Å². The third-order valence-electron chi connectivity index (χ3n) is 3.39. The first-order valence-electron chi connectivity index (χ1n) is 6.29. The Hall–Kier alpha value is -0.770. The molecule has 1 aromatic carbocycles. The topological polar surface area (TPSA) is 52.3 Å². The zero-order valence-electron chi connectivity index (χ0n) is 10.8. The van der Waals surface area contributed by atoms with Gasteiger partial charge in [-0.2, -0.15) is 0 Å². The molecule has 19 heavy (non-hydrogen) atoms. The Labute approximate surface area is 124 Å². The van der Waals surface area contributed by atoms with E-state index in [9.17, 15) is 4.79 Å². The van der Waals surface area contributed by atoms with Crippen LogP contribution < -0.4 is 5.73 Å². The number of halogens is 2. The Kier molecular flexibility index (Phi) is 6.11. The van der Waals surface area contributed by atoms with E-state index < -0.39 is 6.04 Å². The molecule has 0 spiro atoms. The van der Waals surface area contributed by atoms with E-state index in [1.807, 2.05) is 24.3 Å². The van der Waals surface area contributed by atoms with E-state index in [0.29, 0.717) is 0 Å². The SMILES string of the molecule is C[C@H](N)C(=O)O[C@@H]1CCC[C@H]1c1ccc(Cl)cc1.Cl. The Morgan fingerprint density at radius 2 is 2.00 bits per heavy atom. The Balaban J connectivity index is 0.00000180. The maximum absolute atomic E-state index is 11.6. The molecule has 0 bridgehead atoms. The number of nitrogens with two attached hydrogens (primary N) is 1. The highest BCUT2D eigenvalue weighted by atomic mass is 35.5. The van der Waals surface area contributed by atoms with Crippen LogP contribution in [0.5, 0.6) is 0 Å². The lowest BCUT2D eigenvalue weighted by atomic mass is 9.96. The first-order chi connectivity index (χ1) is 8.58. The van der Waals surface area contributed by atoms with Crippen LogP contribution in [0.3, 0.4) is 0 Å². The average molecular weight is 304 g/mol. The molecule has 3 atom stereocenters. The largest absolute Gasteiger partial charge is 0.461 e. The molecule has 0 radical (unpaired) electrons. The number of benzene rings is 1. The van der Waals surface area contributed by atoms with Crippen LogP contribution in [0.15, 0.2) is 24.3 Å². The third kappa shape index (κ3) is 4.10. The summed E-state index contributed by atoms with van der Waals surface area (Å²) < 4.78 is 5.47. The lowest BCUT2D eigenvalue weighted by molar-refractivity contribution is -0.150. The molecule has 106 valence electrons. The predicted molar refractivity (Wildman–Crippen MR) is 78.8 cm³/mol. The van der Waals surface area contributed by atoms with Crippen molar-refractivity contribution < 1.29 is 9.53 Å². The van der Waals surface area contributed by atoms with Crippen molar-refractivity contribution in [3.63, 3.8) is 0 Å². The van der Waals surface area contributed by atoms with Gasteiger partial charge >= 0.3 is 5.97 Å². The molecule has 1 aliphatic carbocycles. The normalized spacial score (nSPS) is 23.5. The molecule has 3 nitrogen and oxygen atoms in total. The highest BCUT2D eigenvalue weighted by Crippen LogP contribution is 2.37. The summed E-state index contributed by atoms with van der Waals surface area (Å²) in [4.78, 5) is 11.6. The molecule has 5 heteroatoms. The molecule has 0 amide bonds. The zero-order valence-corrected chi connectivity index (χ0v) is 12.4. The lowest BCUT2D eigenvalue weighted by Crippen LogP contribution is -2.33. The molecule has 2 N–H and O–H groups in total. The summed E-state index contributed by atoms with van der Waals surface area (Å²) in [6, 6.07) is 7.20. The van der Waals surface area contributed by atoms with Crippen LogP contribution in [0.25, 0.3) is 0 Å². The van der Waals surface area contributed by atoms with Crippen LogP contribution in [-0.2, 0) is 9.53 Å². The van der Waals surface area contributed by atoms with E-state index in [0.717, 1.165) is 24.3 Å². The molecule has 0 heterocycles. The summed E-state index contributed by atoms with van der Waals surface area (Å²) in [7, 11) is 0. The number of esters is 1. The van der Waals surface area contributed by atoms with Crippen LogP contribution in [0, 0.1) is 0 Å². The Morgan fingerprint density at radius 3 is 2.58 bits per heavy atom. The highest BCUT2D eigenvalue weighted by molar-refractivity contribution is 6.30. The molecule has 0 saturated heterocycles. The van der Waals surface area contributed by atoms with E-state index in [1.165, 1.54) is 5.56 Å². The minimum atomic E-state index is -0.559. The maximum atomic E-state index is 11.6. The molecule has 2 rings (SSSR count). The summed E-state index contributed by atoms with van der Waals surface area (Å²) in [5, 5.41) is 0.723. The van der Waals surface area contributed by atoms with E-state index in [1.54, 1.807) is 6.92 Å². The van der Waals surface area contributed by atoms with Gasteiger partial charge in [0.15, 0.2) is 0 Å². The van der Waals surface area contributed by atoms with Crippen LogP contribution in [0.1, 0.15) is 37.7 Å². The first-order valence-corrected chi connectivity index (χ1v) is 6.67. The smallest absolute Gasteiger partial charge is 0.322 e. The number of ether oxygens (including phenoxy) is 1. The molecule has 0 aromatic heterocycles. The number of hydrogen-bond acceptors (Lipinski definition) is 3. The minimum Gasteiger partial charge on any atom is -0.461 e. The minimum absolute atomic E-state index is 0.